The average Bonchev–Trinajstić information content (AvgIpc) is 2.35. The minimum absolute atomic E-state index is 0.204. The molecule has 2 aromatic rings. The number of benzene rings is 1. The summed E-state index contributed by atoms with van der Waals surface area (Å²) in [6, 6.07) is 9.07. The third-order valence-corrected chi connectivity index (χ3v) is 3.47. The Morgan fingerprint density at radius 1 is 1.28 bits per heavy atom. The van der Waals surface area contributed by atoms with Crippen molar-refractivity contribution in [1.82, 2.24) is 4.98 Å². The molecule has 1 aromatic heterocycles. The Labute approximate surface area is 117 Å². The number of halogens is 2. The van der Waals surface area contributed by atoms with Crippen LogP contribution in [0, 0.1) is 6.92 Å². The fourth-order valence-corrected chi connectivity index (χ4v) is 2.29. The lowest BCUT2D eigenvalue weighted by molar-refractivity contribution is 0.703. The lowest BCUT2D eigenvalue weighted by Crippen LogP contribution is -2.15. The van der Waals surface area contributed by atoms with Gasteiger partial charge >= 0.3 is 0 Å². The predicted octanol–water partition coefficient (Wildman–Crippen LogP) is 3.94. The first kappa shape index (κ1) is 13.3. The van der Waals surface area contributed by atoms with Gasteiger partial charge in [0.25, 0.3) is 0 Å². The number of rotatable bonds is 3. The zero-order chi connectivity index (χ0) is 13.1. The Morgan fingerprint density at radius 3 is 2.78 bits per heavy atom. The Bertz CT molecular complexity index is 555. The smallest absolute Gasteiger partial charge is 0.0454 e. The maximum absolute atomic E-state index is 6.18. The van der Waals surface area contributed by atoms with E-state index in [0.717, 1.165) is 16.8 Å². The van der Waals surface area contributed by atoms with Crippen LogP contribution in [0.1, 0.15) is 22.9 Å². The van der Waals surface area contributed by atoms with Crippen LogP contribution in [0.25, 0.3) is 0 Å². The fourth-order valence-electron chi connectivity index (χ4n) is 1.85. The highest BCUT2D eigenvalue weighted by atomic mass is 35.5. The molecule has 2 N–H and O–H groups in total. The summed E-state index contributed by atoms with van der Waals surface area (Å²) in [5, 5.41) is 1.28. The third-order valence-electron chi connectivity index (χ3n) is 2.89. The van der Waals surface area contributed by atoms with Crippen molar-refractivity contribution >= 4 is 23.2 Å². The molecule has 94 valence electrons. The molecule has 0 bridgehead atoms. The van der Waals surface area contributed by atoms with Crippen LogP contribution in [-0.2, 0) is 6.42 Å². The number of nitrogens with two attached hydrogens (primary N) is 1. The molecule has 2 nitrogen and oxygen atoms in total. The molecule has 2 rings (SSSR count). The van der Waals surface area contributed by atoms with Gasteiger partial charge in [0.05, 0.1) is 0 Å². The van der Waals surface area contributed by atoms with Gasteiger partial charge in [-0.05, 0) is 42.3 Å². The normalized spacial score (nSPS) is 12.4. The molecule has 0 fully saturated rings. The molecule has 0 aliphatic rings. The van der Waals surface area contributed by atoms with Crippen LogP contribution in [-0.4, -0.2) is 4.98 Å². The minimum atomic E-state index is -0.204. The molecule has 0 aliphatic carbocycles. The van der Waals surface area contributed by atoms with E-state index in [4.69, 9.17) is 28.9 Å². The van der Waals surface area contributed by atoms with Crippen LogP contribution >= 0.6 is 23.2 Å². The zero-order valence-corrected chi connectivity index (χ0v) is 11.5. The molecule has 0 radical (unpaired) electrons. The van der Waals surface area contributed by atoms with Crippen LogP contribution in [0.4, 0.5) is 0 Å². The Hall–Kier alpha value is -1.09. The summed E-state index contributed by atoms with van der Waals surface area (Å²) in [5.41, 5.74) is 9.16. The lowest BCUT2D eigenvalue weighted by atomic mass is 10.0. The molecule has 1 unspecified atom stereocenters. The Balaban J connectivity index is 2.25. The molecule has 1 heterocycles. The van der Waals surface area contributed by atoms with Gasteiger partial charge in [0.2, 0.25) is 0 Å². The number of hydrogen-bond acceptors (Lipinski definition) is 2. The summed E-state index contributed by atoms with van der Waals surface area (Å²) in [6.45, 7) is 2.02. The van der Waals surface area contributed by atoms with Crippen molar-refractivity contribution in [3.05, 3.63) is 63.4 Å². The zero-order valence-electron chi connectivity index (χ0n) is 10.0. The highest BCUT2D eigenvalue weighted by Crippen LogP contribution is 2.27. The van der Waals surface area contributed by atoms with E-state index in [1.54, 1.807) is 18.3 Å². The topological polar surface area (TPSA) is 38.9 Å². The summed E-state index contributed by atoms with van der Waals surface area (Å²) < 4.78 is 0. The minimum Gasteiger partial charge on any atom is -0.324 e. The highest BCUT2D eigenvalue weighted by Gasteiger charge is 2.13. The van der Waals surface area contributed by atoms with Gasteiger partial charge in [-0.25, -0.2) is 0 Å². The van der Waals surface area contributed by atoms with Crippen molar-refractivity contribution in [3.63, 3.8) is 0 Å². The van der Waals surface area contributed by atoms with E-state index in [1.807, 2.05) is 25.1 Å². The van der Waals surface area contributed by atoms with Gasteiger partial charge in [0.15, 0.2) is 0 Å². The van der Waals surface area contributed by atoms with Crippen LogP contribution in [0.15, 0.2) is 36.5 Å². The Morgan fingerprint density at radius 2 is 2.06 bits per heavy atom. The van der Waals surface area contributed by atoms with Gasteiger partial charge in [-0.2, -0.15) is 0 Å². The summed E-state index contributed by atoms with van der Waals surface area (Å²) >= 11 is 12.1. The molecule has 0 spiro atoms. The van der Waals surface area contributed by atoms with E-state index >= 15 is 0 Å². The molecule has 0 saturated carbocycles. The molecule has 0 amide bonds. The quantitative estimate of drug-likeness (QED) is 0.925. The van der Waals surface area contributed by atoms with Gasteiger partial charge in [-0.3, -0.25) is 4.98 Å². The summed E-state index contributed by atoms with van der Waals surface area (Å²) in [5.74, 6) is 0. The maximum Gasteiger partial charge on any atom is 0.0454 e. The number of nitrogens with zero attached hydrogens (tertiary/aromatic N) is 1. The molecular weight excluding hydrogens is 267 g/mol. The van der Waals surface area contributed by atoms with Gasteiger partial charge in [0, 0.05) is 34.4 Å². The second-order valence-electron chi connectivity index (χ2n) is 4.24. The van der Waals surface area contributed by atoms with Gasteiger partial charge in [-0.15, -0.1) is 0 Å². The van der Waals surface area contributed by atoms with Crippen molar-refractivity contribution in [1.29, 1.82) is 0 Å². The summed E-state index contributed by atoms with van der Waals surface area (Å²) in [7, 11) is 0. The van der Waals surface area contributed by atoms with Crippen molar-refractivity contribution in [2.75, 3.05) is 0 Å². The summed E-state index contributed by atoms with van der Waals surface area (Å²) in [4.78, 5) is 4.34. The van der Waals surface area contributed by atoms with E-state index in [9.17, 15) is 0 Å². The van der Waals surface area contributed by atoms with Crippen LogP contribution < -0.4 is 5.73 Å². The SMILES string of the molecule is Cc1cccnc1CC(N)c1cc(Cl)ccc1Cl. The molecule has 0 aliphatic heterocycles. The second kappa shape index (κ2) is 5.70. The van der Waals surface area contributed by atoms with Gasteiger partial charge in [0.1, 0.15) is 0 Å². The van der Waals surface area contributed by atoms with E-state index in [0.29, 0.717) is 16.5 Å². The maximum atomic E-state index is 6.18. The van der Waals surface area contributed by atoms with Crippen molar-refractivity contribution in [2.24, 2.45) is 5.73 Å². The van der Waals surface area contributed by atoms with E-state index in [1.165, 1.54) is 0 Å². The molecule has 1 atom stereocenters. The van der Waals surface area contributed by atoms with Crippen molar-refractivity contribution in [3.8, 4) is 0 Å². The first-order chi connectivity index (χ1) is 8.58. The lowest BCUT2D eigenvalue weighted by Gasteiger charge is -2.14. The van der Waals surface area contributed by atoms with Gasteiger partial charge in [-0.1, -0.05) is 29.3 Å². The third kappa shape index (κ3) is 3.02. The van der Waals surface area contributed by atoms with E-state index in [-0.39, 0.29) is 6.04 Å². The number of hydrogen-bond donors (Lipinski definition) is 1. The van der Waals surface area contributed by atoms with Crippen molar-refractivity contribution < 1.29 is 0 Å². The molecule has 0 saturated heterocycles. The number of aromatic nitrogens is 1. The molecular formula is C14H14Cl2N2. The number of pyridine rings is 1. The van der Waals surface area contributed by atoms with Crippen LogP contribution in [0.3, 0.4) is 0 Å². The highest BCUT2D eigenvalue weighted by molar-refractivity contribution is 6.33. The number of aryl methyl sites for hydroxylation is 1. The molecule has 4 heteroatoms. The largest absolute Gasteiger partial charge is 0.324 e. The predicted molar refractivity (Wildman–Crippen MR) is 76.1 cm³/mol. The Kier molecular flexibility index (Phi) is 4.23. The average molecular weight is 281 g/mol. The standard InChI is InChI=1S/C14H14Cl2N2/c1-9-3-2-6-18-14(9)8-13(17)11-7-10(15)4-5-12(11)16/h2-7,13H,8,17H2,1H3. The fraction of sp³-hybridized carbons (Fsp3) is 0.214. The van der Waals surface area contributed by atoms with Gasteiger partial charge < -0.3 is 5.73 Å². The second-order valence-corrected chi connectivity index (χ2v) is 5.09. The van der Waals surface area contributed by atoms with Crippen molar-refractivity contribution in [2.45, 2.75) is 19.4 Å². The van der Waals surface area contributed by atoms with Crippen LogP contribution in [0.5, 0.6) is 0 Å². The van der Waals surface area contributed by atoms with Crippen LogP contribution in [0.2, 0.25) is 10.0 Å². The first-order valence-electron chi connectivity index (χ1n) is 5.69. The van der Waals surface area contributed by atoms with E-state index in [2.05, 4.69) is 4.98 Å². The molecule has 18 heavy (non-hydrogen) atoms. The molecule has 1 aromatic carbocycles. The van der Waals surface area contributed by atoms with E-state index < -0.39 is 0 Å². The first-order valence-corrected chi connectivity index (χ1v) is 6.44. The summed E-state index contributed by atoms with van der Waals surface area (Å²) in [6.07, 6.45) is 2.42. The monoisotopic (exact) mass is 280 g/mol.